The zero-order valence-corrected chi connectivity index (χ0v) is 12.8. The van der Waals surface area contributed by atoms with Crippen LogP contribution in [0.1, 0.15) is 20.3 Å². The molecule has 1 amide bonds. The van der Waals surface area contributed by atoms with Crippen molar-refractivity contribution < 1.29 is 9.53 Å². The summed E-state index contributed by atoms with van der Waals surface area (Å²) in [7, 11) is 1.51. The van der Waals surface area contributed by atoms with Gasteiger partial charge in [0.2, 0.25) is 17.1 Å². The molecule has 1 aromatic rings. The van der Waals surface area contributed by atoms with E-state index in [4.69, 9.17) is 16.3 Å². The standard InChI is InChI=1S/C12H13ClN4O2S/c1-12(2)4-5-7(8(18)17-12)20-10-6(14-5)9(19-3)15-11(13)16-10/h7H,4H2,1-3H3,(H,17,18). The van der Waals surface area contributed by atoms with Gasteiger partial charge < -0.3 is 10.1 Å². The number of carbonyl (C=O) groups excluding carboxylic acids is 1. The second-order valence-electron chi connectivity index (χ2n) is 5.31. The lowest BCUT2D eigenvalue weighted by Crippen LogP contribution is -2.56. The molecule has 1 atom stereocenters. The molecule has 2 aliphatic heterocycles. The molecule has 0 bridgehead atoms. The molecule has 6 nitrogen and oxygen atoms in total. The van der Waals surface area contributed by atoms with Crippen molar-refractivity contribution in [2.75, 3.05) is 7.11 Å². The van der Waals surface area contributed by atoms with Crippen LogP contribution in [0.5, 0.6) is 5.88 Å². The molecule has 1 aromatic heterocycles. The summed E-state index contributed by atoms with van der Waals surface area (Å²) >= 11 is 7.19. The third-order valence-corrected chi connectivity index (χ3v) is 4.50. The summed E-state index contributed by atoms with van der Waals surface area (Å²) in [6.07, 6.45) is 0.682. The first kappa shape index (κ1) is 13.6. The van der Waals surface area contributed by atoms with Gasteiger partial charge in [0.25, 0.3) is 0 Å². The van der Waals surface area contributed by atoms with Crippen LogP contribution in [0.3, 0.4) is 0 Å². The van der Waals surface area contributed by atoms with E-state index in [1.807, 2.05) is 13.8 Å². The van der Waals surface area contributed by atoms with E-state index < -0.39 is 0 Å². The van der Waals surface area contributed by atoms with Gasteiger partial charge in [-0.1, -0.05) is 11.8 Å². The third kappa shape index (κ3) is 2.25. The number of thioether (sulfide) groups is 1. The first-order valence-corrected chi connectivity index (χ1v) is 7.33. The zero-order valence-electron chi connectivity index (χ0n) is 11.2. The van der Waals surface area contributed by atoms with Crippen LogP contribution in [-0.2, 0) is 4.79 Å². The average Bonchev–Trinajstić information content (AvgIpc) is 2.35. The molecular formula is C12H13ClN4O2S. The minimum Gasteiger partial charge on any atom is -0.479 e. The van der Waals surface area contributed by atoms with E-state index in [1.54, 1.807) is 0 Å². The van der Waals surface area contributed by atoms with Crippen LogP contribution in [0.2, 0.25) is 5.28 Å². The summed E-state index contributed by atoms with van der Waals surface area (Å²) < 4.78 is 5.20. The highest BCUT2D eigenvalue weighted by molar-refractivity contribution is 8.01. The first-order chi connectivity index (χ1) is 9.39. The normalized spacial score (nSPS) is 23.3. The van der Waals surface area contributed by atoms with E-state index in [0.29, 0.717) is 23.0 Å². The predicted octanol–water partition coefficient (Wildman–Crippen LogP) is 1.98. The maximum atomic E-state index is 12.2. The van der Waals surface area contributed by atoms with E-state index in [9.17, 15) is 4.79 Å². The summed E-state index contributed by atoms with van der Waals surface area (Å²) in [5, 5.41) is 3.29. The molecule has 0 aromatic carbocycles. The number of rotatable bonds is 1. The second kappa shape index (κ2) is 4.60. The van der Waals surface area contributed by atoms with Crippen molar-refractivity contribution in [1.29, 1.82) is 0 Å². The van der Waals surface area contributed by atoms with Crippen molar-refractivity contribution in [3.63, 3.8) is 0 Å². The van der Waals surface area contributed by atoms with Gasteiger partial charge in [-0.15, -0.1) is 0 Å². The Morgan fingerprint density at radius 2 is 2.20 bits per heavy atom. The SMILES string of the molecule is COc1nc(Cl)nc2c1N=C1CC(C)(C)NC(=O)C1S2. The van der Waals surface area contributed by atoms with Crippen molar-refractivity contribution in [1.82, 2.24) is 15.3 Å². The number of halogens is 1. The van der Waals surface area contributed by atoms with Crippen LogP contribution >= 0.6 is 23.4 Å². The van der Waals surface area contributed by atoms with Gasteiger partial charge >= 0.3 is 0 Å². The van der Waals surface area contributed by atoms with Crippen molar-refractivity contribution in [2.24, 2.45) is 4.99 Å². The molecule has 8 heteroatoms. The number of methoxy groups -OCH3 is 1. The van der Waals surface area contributed by atoms with E-state index in [2.05, 4.69) is 20.3 Å². The molecule has 3 heterocycles. The van der Waals surface area contributed by atoms with E-state index >= 15 is 0 Å². The number of aromatic nitrogens is 2. The van der Waals surface area contributed by atoms with Crippen molar-refractivity contribution in [3.05, 3.63) is 5.28 Å². The summed E-state index contributed by atoms with van der Waals surface area (Å²) in [6.45, 7) is 3.94. The van der Waals surface area contributed by atoms with E-state index in [-0.39, 0.29) is 22.0 Å². The van der Waals surface area contributed by atoms with E-state index in [0.717, 1.165) is 5.71 Å². The minimum absolute atomic E-state index is 0.0515. The molecule has 1 fully saturated rings. The summed E-state index contributed by atoms with van der Waals surface area (Å²) in [5.41, 5.74) is 1.07. The van der Waals surface area contributed by atoms with Crippen LogP contribution < -0.4 is 10.1 Å². The number of amides is 1. The predicted molar refractivity (Wildman–Crippen MR) is 77.2 cm³/mol. The van der Waals surface area contributed by atoms with Gasteiger partial charge in [-0.2, -0.15) is 4.98 Å². The van der Waals surface area contributed by atoms with E-state index in [1.165, 1.54) is 18.9 Å². The lowest BCUT2D eigenvalue weighted by Gasteiger charge is -2.37. The fraction of sp³-hybridized carbons (Fsp3) is 0.500. The molecule has 3 rings (SSSR count). The maximum Gasteiger partial charge on any atom is 0.245 e. The smallest absolute Gasteiger partial charge is 0.245 e. The number of nitrogens with zero attached hydrogens (tertiary/aromatic N) is 3. The number of hydrogen-bond acceptors (Lipinski definition) is 6. The molecule has 1 saturated heterocycles. The molecule has 1 unspecified atom stereocenters. The van der Waals surface area contributed by atoms with Crippen molar-refractivity contribution in [3.8, 4) is 5.88 Å². The number of ether oxygens (including phenoxy) is 1. The van der Waals surface area contributed by atoms with Gasteiger partial charge in [0, 0.05) is 17.7 Å². The second-order valence-corrected chi connectivity index (χ2v) is 6.74. The van der Waals surface area contributed by atoms with Gasteiger partial charge in [0.1, 0.15) is 10.3 Å². The first-order valence-electron chi connectivity index (χ1n) is 6.07. The largest absolute Gasteiger partial charge is 0.479 e. The van der Waals surface area contributed by atoms with Crippen molar-refractivity contribution in [2.45, 2.75) is 36.1 Å². The molecule has 0 saturated carbocycles. The quantitative estimate of drug-likeness (QED) is 0.634. The topological polar surface area (TPSA) is 76.5 Å². The lowest BCUT2D eigenvalue weighted by atomic mass is 9.91. The number of hydrogen-bond donors (Lipinski definition) is 1. The average molecular weight is 313 g/mol. The van der Waals surface area contributed by atoms with Gasteiger partial charge in [-0.05, 0) is 25.4 Å². The maximum absolute atomic E-state index is 12.2. The highest BCUT2D eigenvalue weighted by Gasteiger charge is 2.41. The van der Waals surface area contributed by atoms with Crippen LogP contribution in [-0.4, -0.2) is 39.5 Å². The highest BCUT2D eigenvalue weighted by Crippen LogP contribution is 2.44. The molecule has 1 N–H and O–H groups in total. The van der Waals surface area contributed by atoms with Crippen LogP contribution in [0.4, 0.5) is 5.69 Å². The fourth-order valence-corrected chi connectivity index (χ4v) is 3.58. The Hall–Kier alpha value is -1.34. The molecule has 0 spiro atoms. The number of fused-ring (bicyclic) bond motifs is 2. The molecule has 2 aliphatic rings. The van der Waals surface area contributed by atoms with Gasteiger partial charge in [-0.25, -0.2) is 9.98 Å². The summed E-state index contributed by atoms with van der Waals surface area (Å²) in [6, 6.07) is 0. The molecular weight excluding hydrogens is 300 g/mol. The van der Waals surface area contributed by atoms with Crippen LogP contribution in [0.15, 0.2) is 10.0 Å². The van der Waals surface area contributed by atoms with Crippen molar-refractivity contribution >= 4 is 40.7 Å². The molecule has 0 aliphatic carbocycles. The van der Waals surface area contributed by atoms with Crippen LogP contribution in [0, 0.1) is 0 Å². The number of piperidine rings is 1. The highest BCUT2D eigenvalue weighted by atomic mass is 35.5. The Morgan fingerprint density at radius 3 is 2.90 bits per heavy atom. The monoisotopic (exact) mass is 312 g/mol. The van der Waals surface area contributed by atoms with Gasteiger partial charge in [0.15, 0.2) is 5.69 Å². The third-order valence-electron chi connectivity index (χ3n) is 3.10. The Balaban J connectivity index is 2.11. The Morgan fingerprint density at radius 1 is 1.45 bits per heavy atom. The Kier molecular flexibility index (Phi) is 3.13. The Labute approximate surface area is 125 Å². The van der Waals surface area contributed by atoms with Gasteiger partial charge in [0.05, 0.1) is 7.11 Å². The van der Waals surface area contributed by atoms with Gasteiger partial charge in [-0.3, -0.25) is 4.79 Å². The molecule has 106 valence electrons. The number of aliphatic imine (C=N–C) groups is 1. The lowest BCUT2D eigenvalue weighted by molar-refractivity contribution is -0.121. The number of carbonyl (C=O) groups is 1. The minimum atomic E-state index is -0.355. The van der Waals surface area contributed by atoms with Crippen LogP contribution in [0.25, 0.3) is 0 Å². The fourth-order valence-electron chi connectivity index (χ4n) is 2.33. The Bertz CT molecular complexity index is 632. The molecule has 0 radical (unpaired) electrons. The number of nitrogens with one attached hydrogen (secondary N) is 1. The summed E-state index contributed by atoms with van der Waals surface area (Å²) in [4.78, 5) is 24.9. The zero-order chi connectivity index (χ0) is 14.5. The molecule has 20 heavy (non-hydrogen) atoms. The summed E-state index contributed by atoms with van der Waals surface area (Å²) in [5.74, 6) is 0.284.